The molecule has 550 valence electrons. The molecule has 5 aliphatic rings. The highest BCUT2D eigenvalue weighted by Crippen LogP contribution is 2.34. The molecule has 1 unspecified atom stereocenters. The van der Waals surface area contributed by atoms with Gasteiger partial charge in [-0.25, -0.2) is 14.8 Å². The predicted octanol–water partition coefficient (Wildman–Crippen LogP) is -1.35. The monoisotopic (exact) mass is 1450 g/mol. The van der Waals surface area contributed by atoms with Gasteiger partial charge in [-0.05, 0) is 99.7 Å². The van der Waals surface area contributed by atoms with Crippen LogP contribution in [0.4, 0.5) is 0 Å². The number of aromatic nitrogens is 3. The number of amides is 7. The smallest absolute Gasteiger partial charge is 0.261 e. The van der Waals surface area contributed by atoms with Gasteiger partial charge < -0.3 is 101 Å². The highest BCUT2D eigenvalue weighted by Gasteiger charge is 2.50. The minimum atomic E-state index is -2.16. The van der Waals surface area contributed by atoms with E-state index in [0.717, 1.165) is 65.0 Å². The third-order valence-corrected chi connectivity index (χ3v) is 20.5. The number of nitrogens with one attached hydrogen (secondary N) is 6. The van der Waals surface area contributed by atoms with Crippen LogP contribution in [0, 0.1) is 5.92 Å². The number of β-amino-alcohol motifs (C(OH)–C–C–N with tert-alkyl or cyclic N) is 1. The van der Waals surface area contributed by atoms with Gasteiger partial charge in [-0.1, -0.05) is 65.1 Å². The van der Waals surface area contributed by atoms with E-state index in [1.165, 1.54) is 74.6 Å². The molecule has 5 fully saturated rings. The van der Waals surface area contributed by atoms with Gasteiger partial charge >= 0.3 is 0 Å². The van der Waals surface area contributed by atoms with Gasteiger partial charge in [0.05, 0.1) is 67.8 Å². The Balaban J connectivity index is 0.883. The van der Waals surface area contributed by atoms with Gasteiger partial charge in [-0.15, -0.1) is 0 Å². The number of likely N-dealkylation sites (tertiary alicyclic amines) is 1. The number of phenolic OH excluding ortho intramolecular Hbond substituents is 1. The van der Waals surface area contributed by atoms with Crippen molar-refractivity contribution in [1.29, 1.82) is 0 Å². The fourth-order valence-electron chi connectivity index (χ4n) is 13.5. The van der Waals surface area contributed by atoms with E-state index in [-0.39, 0.29) is 48.4 Å². The zero-order valence-corrected chi connectivity index (χ0v) is 57.2. The zero-order chi connectivity index (χ0) is 72.2. The summed E-state index contributed by atoms with van der Waals surface area (Å²) in [6.07, 6.45) is -2.28. The van der Waals surface area contributed by atoms with E-state index >= 15 is 4.79 Å². The van der Waals surface area contributed by atoms with Crippen molar-refractivity contribution in [2.45, 2.75) is 176 Å². The highest BCUT2D eigenvalue weighted by atomic mass is 32.2. The quantitative estimate of drug-likeness (QED) is 0.0165. The van der Waals surface area contributed by atoms with Crippen molar-refractivity contribution in [1.82, 2.24) is 61.2 Å². The van der Waals surface area contributed by atoms with Crippen molar-refractivity contribution in [2.24, 2.45) is 5.92 Å². The molecule has 6 heterocycles. The second kappa shape index (κ2) is 35.0. The molecular formula is C66H88N12O21S2. The van der Waals surface area contributed by atoms with E-state index in [9.17, 15) is 74.7 Å². The lowest BCUT2D eigenvalue weighted by molar-refractivity contribution is -0.433. The van der Waals surface area contributed by atoms with Crippen LogP contribution >= 0.6 is 23.7 Å². The number of carbonyl (C=O) groups is 7. The van der Waals surface area contributed by atoms with E-state index < -0.39 is 184 Å². The Bertz CT molecular complexity index is 3620. The topological polar surface area (TPSA) is 471 Å². The fraction of sp³-hybridized carbons (Fsp3) is 0.561. The molecule has 3 aromatic carbocycles. The van der Waals surface area contributed by atoms with Gasteiger partial charge in [0.1, 0.15) is 53.1 Å². The number of nitrogens with zero attached hydrogens (tertiary/aromatic N) is 6. The number of benzene rings is 3. The summed E-state index contributed by atoms with van der Waals surface area (Å²) in [4.78, 5) is 112. The summed E-state index contributed by atoms with van der Waals surface area (Å²) in [7, 11) is 0. The van der Waals surface area contributed by atoms with Crippen LogP contribution < -0.4 is 40.8 Å². The molecule has 101 heavy (non-hydrogen) atoms. The van der Waals surface area contributed by atoms with Crippen LogP contribution in [-0.4, -0.2) is 265 Å². The summed E-state index contributed by atoms with van der Waals surface area (Å²) < 4.78 is 17.4. The molecule has 0 spiro atoms. The van der Waals surface area contributed by atoms with Crippen molar-refractivity contribution in [3.05, 3.63) is 84.1 Å². The lowest BCUT2D eigenvalue weighted by Crippen LogP contribution is -2.64. The van der Waals surface area contributed by atoms with Crippen molar-refractivity contribution in [3.63, 3.8) is 0 Å². The average molecular weight is 1450 g/mol. The molecule has 1 aliphatic carbocycles. The third-order valence-electron chi connectivity index (χ3n) is 19.2. The first-order valence-electron chi connectivity index (χ1n) is 33.8. The van der Waals surface area contributed by atoms with Crippen molar-refractivity contribution in [2.75, 3.05) is 52.5 Å². The van der Waals surface area contributed by atoms with Gasteiger partial charge in [0, 0.05) is 80.6 Å². The molecule has 4 aliphatic heterocycles. The molecule has 0 radical (unpaired) electrons. The van der Waals surface area contributed by atoms with Gasteiger partial charge in [0.15, 0.2) is 11.5 Å². The maximum absolute atomic E-state index is 15.0. The average Bonchev–Trinajstić information content (AvgIpc) is 1.70. The van der Waals surface area contributed by atoms with Gasteiger partial charge in [-0.3, -0.25) is 33.6 Å². The van der Waals surface area contributed by atoms with E-state index in [4.69, 9.17) is 24.3 Å². The summed E-state index contributed by atoms with van der Waals surface area (Å²) >= 11 is 1.44. The Kier molecular flexibility index (Phi) is 26.3. The summed E-state index contributed by atoms with van der Waals surface area (Å²) in [5.74, 6) is -8.82. The first kappa shape index (κ1) is 75.9. The maximum Gasteiger partial charge on any atom is 0.261 e. The number of piperidine rings is 1. The second-order valence-corrected chi connectivity index (χ2v) is 27.8. The van der Waals surface area contributed by atoms with E-state index in [1.54, 1.807) is 22.8 Å². The molecule has 2 aromatic heterocycles. The van der Waals surface area contributed by atoms with Crippen molar-refractivity contribution < 1.29 is 103 Å². The molecular weight excluding hydrogens is 1360 g/mol. The van der Waals surface area contributed by atoms with Crippen LogP contribution in [0.3, 0.4) is 0 Å². The molecule has 5 aromatic rings. The highest BCUT2D eigenvalue weighted by molar-refractivity contribution is 7.90. The maximum atomic E-state index is 15.0. The standard InChI is InChI=1S/C66H88N12O21S2/c1-34-29-77-56(57(34)87)62(92)68-28-42(82)26-46(69-58(88)38-11-9-37(10-12-38)47-31-78-66(70-47)100-63(74-78)39-13-15-44(16-14-39)96-45-19-22-75(23-20-45)41-6-4-3-5-7-41)59(89)71-53(35(2)81)64(93)76-30-43(83)27-48(76)60(90)72-54(51(86)24-36-8-17-49(84)52(25-36)97-101-99-98-95)61(91)73-55(65(77)94)50(85)18-21-67-40(32-79)33-80/h8-17,25,31,34-35,40-43,45-46,48,50-51,53-57,67,79-87,95H,3-7,18-24,26-30,32-33H2,1-2H3,(H,68,92)(H,69,88)(H,71,89)(H,72,90)(H,73,91)/t34-,35+,42+,43+,46?,48-,50+,51+,53-,54-,55-,56-,57-/m0/s1. The Hall–Kier alpha value is -7.72. The van der Waals surface area contributed by atoms with Gasteiger partial charge in [-0.2, -0.15) is 5.10 Å². The number of rotatable bonds is 22. The van der Waals surface area contributed by atoms with Crippen molar-refractivity contribution in [3.8, 4) is 39.1 Å². The number of fused-ring (bicyclic) bond motifs is 3. The molecule has 7 amide bonds. The lowest BCUT2D eigenvalue weighted by atomic mass is 9.92. The molecule has 16 N–H and O–H groups in total. The Morgan fingerprint density at radius 1 is 0.772 bits per heavy atom. The fourth-order valence-corrected chi connectivity index (χ4v) is 14.7. The Labute approximate surface area is 588 Å². The summed E-state index contributed by atoms with van der Waals surface area (Å²) in [5.41, 5.74) is 2.12. The summed E-state index contributed by atoms with van der Waals surface area (Å²) in [6, 6.07) is 5.92. The number of hydrogen-bond donors (Lipinski definition) is 16. The lowest BCUT2D eigenvalue weighted by Gasteiger charge is -2.39. The van der Waals surface area contributed by atoms with Crippen LogP contribution in [0.25, 0.3) is 26.8 Å². The zero-order valence-electron chi connectivity index (χ0n) is 55.6. The van der Waals surface area contributed by atoms with Crippen molar-refractivity contribution >= 4 is 70.0 Å². The van der Waals surface area contributed by atoms with Gasteiger partial charge in [0.2, 0.25) is 40.4 Å². The first-order chi connectivity index (χ1) is 48.5. The molecule has 33 nitrogen and oxygen atoms in total. The Morgan fingerprint density at radius 3 is 2.14 bits per heavy atom. The predicted molar refractivity (Wildman–Crippen MR) is 360 cm³/mol. The van der Waals surface area contributed by atoms with Crippen LogP contribution in [0.2, 0.25) is 0 Å². The van der Waals surface area contributed by atoms with E-state index in [0.29, 0.717) is 22.3 Å². The number of ether oxygens (including phenoxy) is 1. The largest absolute Gasteiger partial charge is 0.504 e. The van der Waals surface area contributed by atoms with Crippen LogP contribution in [0.15, 0.2) is 72.9 Å². The van der Waals surface area contributed by atoms with E-state index in [2.05, 4.69) is 46.2 Å². The summed E-state index contributed by atoms with van der Waals surface area (Å²) in [5, 5.41) is 132. The number of aliphatic hydroxyl groups is 8. The normalized spacial score (nSPS) is 26.1. The molecule has 13 atom stereocenters. The third kappa shape index (κ3) is 18.9. The van der Waals surface area contributed by atoms with Gasteiger partial charge in [0.25, 0.3) is 18.2 Å². The minimum absolute atomic E-state index is 0.0130. The Morgan fingerprint density at radius 2 is 1.46 bits per heavy atom. The number of carbonyl (C=O) groups excluding carboxylic acids is 7. The van der Waals surface area contributed by atoms with Crippen LogP contribution in [0.5, 0.6) is 17.2 Å². The number of phenols is 1. The minimum Gasteiger partial charge on any atom is -0.504 e. The number of aromatic hydroxyl groups is 1. The summed E-state index contributed by atoms with van der Waals surface area (Å²) in [6.45, 7) is 1.77. The SMILES string of the molecule is C[C@@H](O)[C@@H]1NC(=O)C(NC(=O)c2ccc(-c3cn4nc(-c5ccc(OC6CCN(C7CCCCC7)CC6)cc5)sc4n3)cc2)C[C@@H](O)CNC(=O)[C@@H]2[C@@H](O)[C@@H](C)CN2C(=O)[C@H]([C@H](O)CCNC(CO)CO)NC(=O)[C@H]([C@H](O)Cc2ccc(O)c(OSOOO)c2)NC(=O)[C@@H]2C[C@@H](O)CN2C1=O. The number of imidazole rings is 1. The molecule has 4 saturated heterocycles. The first-order valence-corrected chi connectivity index (χ1v) is 35.2. The van der Waals surface area contributed by atoms with Crippen LogP contribution in [0.1, 0.15) is 94.0 Å². The number of hydrogen-bond acceptors (Lipinski definition) is 27. The number of aliphatic hydroxyl groups excluding tert-OH is 8. The second-order valence-electron chi connectivity index (χ2n) is 26.4. The molecule has 1 saturated carbocycles. The molecule has 35 heteroatoms. The van der Waals surface area contributed by atoms with Crippen LogP contribution in [-0.2, 0) is 44.6 Å². The van der Waals surface area contributed by atoms with E-state index in [1.807, 2.05) is 24.3 Å². The molecule has 10 rings (SSSR count). The molecule has 0 bridgehead atoms.